The summed E-state index contributed by atoms with van der Waals surface area (Å²) in [6.07, 6.45) is 3.45. The number of hydrogen-bond donors (Lipinski definition) is 2. The Balaban J connectivity index is 1.71. The summed E-state index contributed by atoms with van der Waals surface area (Å²) in [7, 11) is 0. The smallest absolute Gasteiger partial charge is 0.275 e. The van der Waals surface area contributed by atoms with E-state index in [0.717, 1.165) is 5.69 Å². The molecule has 0 unspecified atom stereocenters. The predicted octanol–water partition coefficient (Wildman–Crippen LogP) is 0.885. The normalized spacial score (nSPS) is 21.9. The molecule has 1 atom stereocenters. The summed E-state index contributed by atoms with van der Waals surface area (Å²) in [4.78, 5) is 16.6. The van der Waals surface area contributed by atoms with Crippen LogP contribution < -0.4 is 5.32 Å². The maximum absolute atomic E-state index is 12.3. The van der Waals surface area contributed by atoms with Crippen LogP contribution in [0, 0.1) is 12.8 Å². The number of rotatable bonds is 5. The zero-order valence-electron chi connectivity index (χ0n) is 12.3. The third-order valence-electron chi connectivity index (χ3n) is 4.06. The van der Waals surface area contributed by atoms with Crippen molar-refractivity contribution in [1.82, 2.24) is 20.6 Å². The van der Waals surface area contributed by atoms with E-state index in [4.69, 9.17) is 0 Å². The number of aliphatic hydroxyl groups excluding tert-OH is 1. The molecule has 1 saturated carbocycles. The lowest BCUT2D eigenvalue weighted by Gasteiger charge is -2.37. The van der Waals surface area contributed by atoms with Crippen molar-refractivity contribution in [2.24, 2.45) is 5.92 Å². The fourth-order valence-electron chi connectivity index (χ4n) is 2.71. The molecule has 1 aliphatic rings. The van der Waals surface area contributed by atoms with Crippen LogP contribution in [0.15, 0.2) is 29.0 Å². The Morgan fingerprint density at radius 1 is 1.45 bits per heavy atom. The van der Waals surface area contributed by atoms with Gasteiger partial charge in [0.25, 0.3) is 5.91 Å². The minimum atomic E-state index is -0.305. The number of aliphatic hydroxyl groups is 1. The molecule has 0 aliphatic heterocycles. The quantitative estimate of drug-likeness (QED) is 0.850. The lowest BCUT2D eigenvalue weighted by Crippen LogP contribution is -2.48. The summed E-state index contributed by atoms with van der Waals surface area (Å²) in [5, 5.41) is 19.8. The molecule has 0 radical (unpaired) electrons. The zero-order chi connectivity index (χ0) is 15.5. The predicted molar refractivity (Wildman–Crippen MR) is 77.0 cm³/mol. The Morgan fingerprint density at radius 3 is 2.86 bits per heavy atom. The van der Waals surface area contributed by atoms with Gasteiger partial charge in [0.05, 0.1) is 6.10 Å². The summed E-state index contributed by atoms with van der Waals surface area (Å²) >= 11 is 0. The van der Waals surface area contributed by atoms with Crippen LogP contribution in [0.1, 0.15) is 34.7 Å². The summed E-state index contributed by atoms with van der Waals surface area (Å²) in [5.41, 5.74) is 1.57. The SMILES string of the molecule is Cc1nonc1C(=O)N[C@H](Cc1ccccn1)C1CC(O)C1. The Bertz CT molecular complexity index is 637. The number of nitrogens with one attached hydrogen (secondary N) is 1. The van der Waals surface area contributed by atoms with Gasteiger partial charge < -0.3 is 10.4 Å². The molecule has 2 heterocycles. The molecule has 0 bridgehead atoms. The van der Waals surface area contributed by atoms with Crippen LogP contribution in [0.25, 0.3) is 0 Å². The molecule has 3 rings (SSSR count). The van der Waals surface area contributed by atoms with E-state index in [2.05, 4.69) is 25.2 Å². The largest absolute Gasteiger partial charge is 0.393 e. The third kappa shape index (κ3) is 3.14. The maximum atomic E-state index is 12.3. The van der Waals surface area contributed by atoms with Crippen molar-refractivity contribution in [2.75, 3.05) is 0 Å². The van der Waals surface area contributed by atoms with Gasteiger partial charge in [0, 0.05) is 24.4 Å². The minimum Gasteiger partial charge on any atom is -0.393 e. The number of carbonyl (C=O) groups excluding carboxylic acids is 1. The van der Waals surface area contributed by atoms with Crippen molar-refractivity contribution >= 4 is 5.91 Å². The van der Waals surface area contributed by atoms with Crippen LogP contribution in [-0.4, -0.2) is 38.5 Å². The van der Waals surface area contributed by atoms with Gasteiger partial charge in [0.1, 0.15) is 5.69 Å². The van der Waals surface area contributed by atoms with E-state index in [1.807, 2.05) is 18.2 Å². The van der Waals surface area contributed by atoms with Gasteiger partial charge >= 0.3 is 0 Å². The van der Waals surface area contributed by atoms with Crippen LogP contribution in [0.4, 0.5) is 0 Å². The molecule has 2 N–H and O–H groups in total. The van der Waals surface area contributed by atoms with E-state index in [-0.39, 0.29) is 29.7 Å². The molecule has 22 heavy (non-hydrogen) atoms. The van der Waals surface area contributed by atoms with Crippen LogP contribution >= 0.6 is 0 Å². The number of amides is 1. The van der Waals surface area contributed by atoms with Gasteiger partial charge in [0.15, 0.2) is 5.69 Å². The van der Waals surface area contributed by atoms with Crippen molar-refractivity contribution in [3.05, 3.63) is 41.5 Å². The number of pyridine rings is 1. The van der Waals surface area contributed by atoms with Crippen molar-refractivity contribution in [1.29, 1.82) is 0 Å². The zero-order valence-corrected chi connectivity index (χ0v) is 12.3. The van der Waals surface area contributed by atoms with Gasteiger partial charge in [-0.15, -0.1) is 0 Å². The Kier molecular flexibility index (Phi) is 4.15. The molecule has 2 aromatic heterocycles. The molecular formula is C15H18N4O3. The second-order valence-corrected chi connectivity index (χ2v) is 5.69. The van der Waals surface area contributed by atoms with E-state index >= 15 is 0 Å². The molecular weight excluding hydrogens is 284 g/mol. The number of nitrogens with zero attached hydrogens (tertiary/aromatic N) is 3. The molecule has 7 nitrogen and oxygen atoms in total. The van der Waals surface area contributed by atoms with Crippen LogP contribution in [0.3, 0.4) is 0 Å². The van der Waals surface area contributed by atoms with Crippen molar-refractivity contribution in [2.45, 2.75) is 38.3 Å². The molecule has 0 spiro atoms. The number of aromatic nitrogens is 3. The van der Waals surface area contributed by atoms with Crippen molar-refractivity contribution in [3.8, 4) is 0 Å². The van der Waals surface area contributed by atoms with Gasteiger partial charge in [-0.05, 0) is 43.0 Å². The number of aryl methyl sites for hydroxylation is 1. The first-order valence-corrected chi connectivity index (χ1v) is 7.31. The lowest BCUT2D eigenvalue weighted by atomic mass is 9.76. The maximum Gasteiger partial charge on any atom is 0.275 e. The highest BCUT2D eigenvalue weighted by Crippen LogP contribution is 2.31. The summed E-state index contributed by atoms with van der Waals surface area (Å²) in [6.45, 7) is 1.67. The number of carbonyl (C=O) groups is 1. The molecule has 0 saturated heterocycles. The third-order valence-corrected chi connectivity index (χ3v) is 4.06. The highest BCUT2D eigenvalue weighted by atomic mass is 16.6. The van der Waals surface area contributed by atoms with Crippen LogP contribution in [0.2, 0.25) is 0 Å². The molecule has 2 aromatic rings. The van der Waals surface area contributed by atoms with E-state index < -0.39 is 0 Å². The topological polar surface area (TPSA) is 101 Å². The number of hydrogen-bond acceptors (Lipinski definition) is 6. The van der Waals surface area contributed by atoms with E-state index in [1.165, 1.54) is 0 Å². The van der Waals surface area contributed by atoms with Gasteiger partial charge in [0.2, 0.25) is 0 Å². The van der Waals surface area contributed by atoms with Gasteiger partial charge in [-0.2, -0.15) is 0 Å². The highest BCUT2D eigenvalue weighted by molar-refractivity contribution is 5.93. The molecule has 7 heteroatoms. The van der Waals surface area contributed by atoms with Gasteiger partial charge in [-0.25, -0.2) is 4.63 Å². The second kappa shape index (κ2) is 6.23. The summed E-state index contributed by atoms with van der Waals surface area (Å²) < 4.78 is 4.57. The fourth-order valence-corrected chi connectivity index (χ4v) is 2.71. The minimum absolute atomic E-state index is 0.0955. The second-order valence-electron chi connectivity index (χ2n) is 5.69. The first-order chi connectivity index (χ1) is 10.6. The molecule has 1 aliphatic carbocycles. The first-order valence-electron chi connectivity index (χ1n) is 7.31. The monoisotopic (exact) mass is 302 g/mol. The first kappa shape index (κ1) is 14.6. The average molecular weight is 302 g/mol. The van der Waals surface area contributed by atoms with E-state index in [1.54, 1.807) is 13.1 Å². The molecule has 0 aromatic carbocycles. The van der Waals surface area contributed by atoms with Crippen molar-refractivity contribution in [3.63, 3.8) is 0 Å². The fraction of sp³-hybridized carbons (Fsp3) is 0.467. The van der Waals surface area contributed by atoms with Gasteiger partial charge in [-0.1, -0.05) is 11.2 Å². The van der Waals surface area contributed by atoms with E-state index in [0.29, 0.717) is 25.0 Å². The lowest BCUT2D eigenvalue weighted by molar-refractivity contribution is 0.0236. The highest BCUT2D eigenvalue weighted by Gasteiger charge is 2.35. The van der Waals surface area contributed by atoms with Crippen LogP contribution in [0.5, 0.6) is 0 Å². The van der Waals surface area contributed by atoms with E-state index in [9.17, 15) is 9.90 Å². The molecule has 1 fully saturated rings. The summed E-state index contributed by atoms with van der Waals surface area (Å²) in [5.74, 6) is -0.0674. The summed E-state index contributed by atoms with van der Waals surface area (Å²) in [6, 6.07) is 5.61. The van der Waals surface area contributed by atoms with Crippen LogP contribution in [-0.2, 0) is 6.42 Å². The standard InChI is InChI=1S/C15H18N4O3/c1-9-14(19-22-18-9)15(21)17-13(10-6-12(20)7-10)8-11-4-2-3-5-16-11/h2-5,10,12-13,20H,6-8H2,1H3,(H,17,21)/t10?,12?,13-/m1/s1. The van der Waals surface area contributed by atoms with Gasteiger partial charge in [-0.3, -0.25) is 9.78 Å². The molecule has 116 valence electrons. The van der Waals surface area contributed by atoms with Crippen molar-refractivity contribution < 1.29 is 14.5 Å². The average Bonchev–Trinajstić information content (AvgIpc) is 2.91. The molecule has 1 amide bonds. The Hall–Kier alpha value is -2.28. The Labute approximate surface area is 127 Å². The Morgan fingerprint density at radius 2 is 2.27 bits per heavy atom.